The van der Waals surface area contributed by atoms with Crippen LogP contribution in [0, 0.1) is 11.3 Å². The van der Waals surface area contributed by atoms with Crippen LogP contribution in [0.25, 0.3) is 0 Å². The molecule has 0 aromatic rings. The molecule has 0 aliphatic carbocycles. The first-order valence-electron chi connectivity index (χ1n) is 6.08. The zero-order valence-corrected chi connectivity index (χ0v) is 10.2. The standard InChI is InChI=1S/C12H21N3O/c1-3-10(7-8-13)15-9-5-4-6-11(15)12(16)14-2/h10-11H,3-7,9H2,1-2H3,(H,14,16). The molecule has 1 aliphatic rings. The molecular weight excluding hydrogens is 202 g/mol. The zero-order chi connectivity index (χ0) is 12.0. The Hall–Kier alpha value is -1.08. The van der Waals surface area contributed by atoms with Gasteiger partial charge in [-0.2, -0.15) is 5.26 Å². The first-order chi connectivity index (χ1) is 7.74. The summed E-state index contributed by atoms with van der Waals surface area (Å²) in [5.74, 6) is 0.0936. The van der Waals surface area contributed by atoms with E-state index in [2.05, 4.69) is 23.2 Å². The summed E-state index contributed by atoms with van der Waals surface area (Å²) in [6, 6.07) is 2.42. The molecular formula is C12H21N3O. The second-order valence-corrected chi connectivity index (χ2v) is 4.29. The number of amides is 1. The molecule has 2 unspecified atom stereocenters. The fourth-order valence-corrected chi connectivity index (χ4v) is 2.44. The number of hydrogen-bond acceptors (Lipinski definition) is 3. The van der Waals surface area contributed by atoms with Crippen molar-refractivity contribution in [3.05, 3.63) is 0 Å². The molecule has 0 spiro atoms. The van der Waals surface area contributed by atoms with Crippen molar-refractivity contribution in [2.24, 2.45) is 0 Å². The molecule has 1 saturated heterocycles. The first-order valence-corrected chi connectivity index (χ1v) is 6.08. The van der Waals surface area contributed by atoms with E-state index >= 15 is 0 Å². The highest BCUT2D eigenvalue weighted by atomic mass is 16.2. The topological polar surface area (TPSA) is 56.1 Å². The van der Waals surface area contributed by atoms with Crippen LogP contribution in [0.4, 0.5) is 0 Å². The summed E-state index contributed by atoms with van der Waals surface area (Å²) in [6.07, 6.45) is 4.61. The minimum absolute atomic E-state index is 0.0305. The first kappa shape index (κ1) is 13.0. The summed E-state index contributed by atoms with van der Waals surface area (Å²) in [6.45, 7) is 3.02. The lowest BCUT2D eigenvalue weighted by atomic mass is 9.97. The third-order valence-corrected chi connectivity index (χ3v) is 3.36. The van der Waals surface area contributed by atoms with E-state index in [4.69, 9.17) is 5.26 Å². The van der Waals surface area contributed by atoms with Crippen LogP contribution in [0.3, 0.4) is 0 Å². The van der Waals surface area contributed by atoms with E-state index in [0.29, 0.717) is 6.42 Å². The summed E-state index contributed by atoms with van der Waals surface area (Å²) in [7, 11) is 1.68. The van der Waals surface area contributed by atoms with Crippen LogP contribution >= 0.6 is 0 Å². The van der Waals surface area contributed by atoms with Gasteiger partial charge in [-0.15, -0.1) is 0 Å². The van der Waals surface area contributed by atoms with Crippen LogP contribution in [0.2, 0.25) is 0 Å². The van der Waals surface area contributed by atoms with Crippen LogP contribution in [-0.4, -0.2) is 36.5 Å². The third kappa shape index (κ3) is 2.96. The summed E-state index contributed by atoms with van der Waals surface area (Å²) >= 11 is 0. The van der Waals surface area contributed by atoms with Gasteiger partial charge < -0.3 is 5.32 Å². The summed E-state index contributed by atoms with van der Waals surface area (Å²) < 4.78 is 0. The lowest BCUT2D eigenvalue weighted by molar-refractivity contribution is -0.128. The van der Waals surface area contributed by atoms with Crippen molar-refractivity contribution < 1.29 is 4.79 Å². The minimum Gasteiger partial charge on any atom is -0.358 e. The van der Waals surface area contributed by atoms with Crippen molar-refractivity contribution in [3.63, 3.8) is 0 Å². The fourth-order valence-electron chi connectivity index (χ4n) is 2.44. The lowest BCUT2D eigenvalue weighted by Crippen LogP contribution is -2.52. The maximum Gasteiger partial charge on any atom is 0.237 e. The van der Waals surface area contributed by atoms with Crippen LogP contribution in [0.5, 0.6) is 0 Å². The van der Waals surface area contributed by atoms with Crippen LogP contribution in [-0.2, 0) is 4.79 Å². The summed E-state index contributed by atoms with van der Waals surface area (Å²) in [5, 5.41) is 11.5. The maximum atomic E-state index is 11.8. The van der Waals surface area contributed by atoms with Crippen LogP contribution < -0.4 is 5.32 Å². The molecule has 1 amide bonds. The number of nitriles is 1. The SMILES string of the molecule is CCC(CC#N)N1CCCCC1C(=O)NC. The second-order valence-electron chi connectivity index (χ2n) is 4.29. The Morgan fingerprint density at radius 2 is 2.38 bits per heavy atom. The van der Waals surface area contributed by atoms with E-state index in [1.165, 1.54) is 0 Å². The van der Waals surface area contributed by atoms with Crippen molar-refractivity contribution in [3.8, 4) is 6.07 Å². The van der Waals surface area contributed by atoms with Crippen LogP contribution in [0.1, 0.15) is 39.0 Å². The van der Waals surface area contributed by atoms with E-state index in [9.17, 15) is 4.79 Å². The number of likely N-dealkylation sites (N-methyl/N-ethyl adjacent to an activating group) is 1. The molecule has 1 fully saturated rings. The highest BCUT2D eigenvalue weighted by molar-refractivity contribution is 5.81. The van der Waals surface area contributed by atoms with Gasteiger partial charge in [0, 0.05) is 13.1 Å². The number of likely N-dealkylation sites (tertiary alicyclic amines) is 1. The molecule has 4 nitrogen and oxygen atoms in total. The smallest absolute Gasteiger partial charge is 0.237 e. The van der Waals surface area contributed by atoms with Gasteiger partial charge in [0.15, 0.2) is 0 Å². The fraction of sp³-hybridized carbons (Fsp3) is 0.833. The molecule has 2 atom stereocenters. The summed E-state index contributed by atoms with van der Waals surface area (Å²) in [5.41, 5.74) is 0. The average molecular weight is 223 g/mol. The maximum absolute atomic E-state index is 11.8. The van der Waals surface area contributed by atoms with E-state index in [1.54, 1.807) is 7.05 Å². The molecule has 16 heavy (non-hydrogen) atoms. The summed E-state index contributed by atoms with van der Waals surface area (Å²) in [4.78, 5) is 14.0. The van der Waals surface area contributed by atoms with Gasteiger partial charge in [0.1, 0.15) is 0 Å². The van der Waals surface area contributed by atoms with Crippen molar-refractivity contribution in [2.75, 3.05) is 13.6 Å². The predicted molar refractivity (Wildman–Crippen MR) is 62.7 cm³/mol. The molecule has 0 saturated carbocycles. The minimum atomic E-state index is -0.0305. The zero-order valence-electron chi connectivity index (χ0n) is 10.2. The molecule has 0 bridgehead atoms. The van der Waals surface area contributed by atoms with Gasteiger partial charge in [-0.25, -0.2) is 0 Å². The number of piperidine rings is 1. The monoisotopic (exact) mass is 223 g/mol. The molecule has 1 heterocycles. The Labute approximate surface area is 97.6 Å². The Kier molecular flexibility index (Phi) is 5.27. The largest absolute Gasteiger partial charge is 0.358 e. The lowest BCUT2D eigenvalue weighted by Gasteiger charge is -2.39. The van der Waals surface area contributed by atoms with Crippen LogP contribution in [0.15, 0.2) is 0 Å². The Balaban J connectivity index is 2.72. The number of nitrogens with one attached hydrogen (secondary N) is 1. The number of carbonyl (C=O) groups is 1. The molecule has 0 aromatic carbocycles. The van der Waals surface area contributed by atoms with Crippen molar-refractivity contribution in [1.29, 1.82) is 5.26 Å². The number of rotatable bonds is 4. The van der Waals surface area contributed by atoms with Gasteiger partial charge >= 0.3 is 0 Å². The van der Waals surface area contributed by atoms with Crippen molar-refractivity contribution >= 4 is 5.91 Å². The number of nitrogens with zero attached hydrogens (tertiary/aromatic N) is 2. The highest BCUT2D eigenvalue weighted by Crippen LogP contribution is 2.22. The molecule has 1 N–H and O–H groups in total. The number of hydrogen-bond donors (Lipinski definition) is 1. The third-order valence-electron chi connectivity index (χ3n) is 3.36. The predicted octanol–water partition coefficient (Wildman–Crippen LogP) is 1.28. The Bertz CT molecular complexity index is 272. The average Bonchev–Trinajstić information content (AvgIpc) is 2.35. The molecule has 1 aliphatic heterocycles. The Morgan fingerprint density at radius 3 is 2.94 bits per heavy atom. The van der Waals surface area contributed by atoms with Crippen molar-refractivity contribution in [2.45, 2.75) is 51.1 Å². The molecule has 90 valence electrons. The highest BCUT2D eigenvalue weighted by Gasteiger charge is 2.31. The van der Waals surface area contributed by atoms with E-state index in [-0.39, 0.29) is 18.0 Å². The van der Waals surface area contributed by atoms with E-state index in [0.717, 1.165) is 32.2 Å². The number of carbonyl (C=O) groups excluding carboxylic acids is 1. The van der Waals surface area contributed by atoms with Gasteiger partial charge in [-0.1, -0.05) is 13.3 Å². The van der Waals surface area contributed by atoms with E-state index in [1.807, 2.05) is 0 Å². The second kappa shape index (κ2) is 6.49. The normalized spacial score (nSPS) is 23.4. The van der Waals surface area contributed by atoms with Crippen molar-refractivity contribution in [1.82, 2.24) is 10.2 Å². The van der Waals surface area contributed by atoms with Gasteiger partial charge in [0.25, 0.3) is 0 Å². The van der Waals surface area contributed by atoms with Gasteiger partial charge in [0.05, 0.1) is 18.5 Å². The quantitative estimate of drug-likeness (QED) is 0.781. The molecule has 0 radical (unpaired) electrons. The molecule has 1 rings (SSSR count). The van der Waals surface area contributed by atoms with Gasteiger partial charge in [-0.3, -0.25) is 9.69 Å². The molecule has 0 aromatic heterocycles. The van der Waals surface area contributed by atoms with E-state index < -0.39 is 0 Å². The van der Waals surface area contributed by atoms with Gasteiger partial charge in [0.2, 0.25) is 5.91 Å². The van der Waals surface area contributed by atoms with Gasteiger partial charge in [-0.05, 0) is 25.8 Å². The molecule has 4 heteroatoms. The Morgan fingerprint density at radius 1 is 1.62 bits per heavy atom.